The molecule has 4 aromatic rings. The minimum atomic E-state index is -1.25. The van der Waals surface area contributed by atoms with Crippen molar-refractivity contribution in [2.24, 2.45) is 0 Å². The molecule has 1 aliphatic heterocycles. The molecule has 208 valence electrons. The number of hydrogen-bond acceptors (Lipinski definition) is 6. The lowest BCUT2D eigenvalue weighted by molar-refractivity contribution is -0.00566. The Kier molecular flexibility index (Phi) is 8.19. The van der Waals surface area contributed by atoms with E-state index in [1.165, 1.54) is 6.33 Å². The van der Waals surface area contributed by atoms with Crippen LogP contribution in [0.15, 0.2) is 73.1 Å². The van der Waals surface area contributed by atoms with Gasteiger partial charge in [-0.3, -0.25) is 0 Å². The van der Waals surface area contributed by atoms with Crippen LogP contribution in [-0.2, 0) is 14.8 Å². The zero-order valence-corrected chi connectivity index (χ0v) is 25.1. The van der Waals surface area contributed by atoms with Crippen molar-refractivity contribution >= 4 is 27.0 Å². The summed E-state index contributed by atoms with van der Waals surface area (Å²) in [6.45, 7) is 11.0. The summed E-state index contributed by atoms with van der Waals surface area (Å²) in [4.78, 5) is 6.14. The van der Waals surface area contributed by atoms with Crippen LogP contribution in [0.4, 0.5) is 14.5 Å². The van der Waals surface area contributed by atoms with Crippen molar-refractivity contribution in [2.45, 2.75) is 57.5 Å². The van der Waals surface area contributed by atoms with E-state index in [0.29, 0.717) is 23.7 Å². The number of ether oxygens (including phenoxy) is 1. The summed E-state index contributed by atoms with van der Waals surface area (Å²) < 4.78 is 49.7. The molecule has 0 N–H and O–H groups in total. The normalized spacial score (nSPS) is 18.2. The molecule has 0 aliphatic carbocycles. The van der Waals surface area contributed by atoms with Crippen molar-refractivity contribution in [2.75, 3.05) is 18.0 Å². The molecule has 2 atom stereocenters. The molecule has 40 heavy (non-hydrogen) atoms. The second-order valence-electron chi connectivity index (χ2n) is 11.2. The smallest absolute Gasteiger partial charge is 0.237 e. The summed E-state index contributed by atoms with van der Waals surface area (Å²) in [5, 5.41) is 0.124. The zero-order chi connectivity index (χ0) is 28.5. The van der Waals surface area contributed by atoms with Gasteiger partial charge in [-0.15, -0.1) is 0 Å². The highest BCUT2D eigenvalue weighted by Crippen LogP contribution is 2.49. The Labute approximate surface area is 241 Å². The fourth-order valence-electron chi connectivity index (χ4n) is 5.23. The van der Waals surface area contributed by atoms with Crippen LogP contribution < -0.4 is 4.90 Å². The molecule has 1 aliphatic rings. The van der Waals surface area contributed by atoms with Gasteiger partial charge in [0.2, 0.25) is 9.76 Å². The molecule has 1 saturated heterocycles. The minimum absolute atomic E-state index is 0.0438. The Morgan fingerprint density at radius 3 is 2.00 bits per heavy atom. The Morgan fingerprint density at radius 1 is 0.925 bits per heavy atom. The highest BCUT2D eigenvalue weighted by Gasteiger charge is 2.44. The molecular weight excluding hydrogens is 545 g/mol. The lowest BCUT2D eigenvalue weighted by Crippen LogP contribution is -2.47. The van der Waals surface area contributed by atoms with Crippen LogP contribution in [0.25, 0.3) is 10.6 Å². The van der Waals surface area contributed by atoms with Crippen molar-refractivity contribution in [3.63, 3.8) is 0 Å². The Bertz CT molecular complexity index is 1380. The summed E-state index contributed by atoms with van der Waals surface area (Å²) in [6.07, 6.45) is 1.03. The molecule has 2 heterocycles. The van der Waals surface area contributed by atoms with Gasteiger partial charge in [-0.1, -0.05) is 81.4 Å². The van der Waals surface area contributed by atoms with E-state index in [1.807, 2.05) is 79.4 Å². The monoisotopic (exact) mass is 577 g/mol. The first kappa shape index (κ1) is 28.5. The zero-order valence-electron chi connectivity index (χ0n) is 23.3. The maximum absolute atomic E-state index is 16.6. The molecule has 5 nitrogen and oxygen atoms in total. The fraction of sp³-hybridized carbons (Fsp3) is 0.355. The van der Waals surface area contributed by atoms with E-state index in [0.717, 1.165) is 22.7 Å². The first-order chi connectivity index (χ1) is 19.1. The highest BCUT2D eigenvalue weighted by molar-refractivity contribution is 7.09. The summed E-state index contributed by atoms with van der Waals surface area (Å²) >= 11 is 1.03. The van der Waals surface area contributed by atoms with Crippen molar-refractivity contribution in [1.29, 1.82) is 0 Å². The van der Waals surface area contributed by atoms with Crippen LogP contribution in [0.2, 0.25) is 5.04 Å². The van der Waals surface area contributed by atoms with Gasteiger partial charge in [0.25, 0.3) is 0 Å². The molecule has 3 aromatic carbocycles. The van der Waals surface area contributed by atoms with Gasteiger partial charge < -0.3 is 14.1 Å². The van der Waals surface area contributed by atoms with Crippen molar-refractivity contribution in [3.8, 4) is 10.6 Å². The van der Waals surface area contributed by atoms with Gasteiger partial charge in [0.15, 0.2) is 11.6 Å². The number of hydrogen-bond donors (Lipinski definition) is 0. The van der Waals surface area contributed by atoms with Gasteiger partial charge in [0, 0.05) is 18.7 Å². The van der Waals surface area contributed by atoms with Gasteiger partial charge in [0.05, 0.1) is 23.5 Å². The molecule has 1 fully saturated rings. The first-order valence-electron chi connectivity index (χ1n) is 13.4. The van der Waals surface area contributed by atoms with Crippen LogP contribution in [0, 0.1) is 11.6 Å². The molecule has 0 spiro atoms. The summed E-state index contributed by atoms with van der Waals surface area (Å²) in [7, 11) is 0.0438. The molecule has 0 saturated carbocycles. The molecular formula is C31H33F2N3O2SSi. The SMILES string of the molecule is CC1CN(c2c(C(O[Si]C(C)(C)C)(c3ccccc3)c3ccccc3)cc(-c3ncns3)c(F)c2F)CC(C)O1. The van der Waals surface area contributed by atoms with Crippen molar-refractivity contribution in [1.82, 2.24) is 9.36 Å². The van der Waals surface area contributed by atoms with Gasteiger partial charge in [-0.05, 0) is 47.6 Å². The Morgan fingerprint density at radius 2 is 1.50 bits per heavy atom. The molecule has 2 unspecified atom stereocenters. The first-order valence-corrected chi connectivity index (χ1v) is 15.0. The number of rotatable bonds is 7. The molecule has 0 amide bonds. The number of benzene rings is 3. The number of halogens is 2. The minimum Gasteiger partial charge on any atom is -0.400 e. The number of morpholine rings is 1. The standard InChI is InChI=1S/C31H33F2N3O2SSi/c1-20-17-36(18-21(2)37-20)28-25(16-24(26(32)27(28)33)29-34-19-35-39-29)31(38-40-30(3,4)5,22-12-8-6-9-13-22)23-14-10-7-11-15-23/h6-16,19-21H,17-18H2,1-5H3. The number of aromatic nitrogens is 2. The summed E-state index contributed by atoms with van der Waals surface area (Å²) in [5.41, 5.74) is 1.16. The van der Waals surface area contributed by atoms with Crippen LogP contribution in [0.5, 0.6) is 0 Å². The highest BCUT2D eigenvalue weighted by atomic mass is 32.1. The van der Waals surface area contributed by atoms with Crippen LogP contribution >= 0.6 is 11.5 Å². The summed E-state index contributed by atoms with van der Waals surface area (Å²) in [6, 6.07) is 21.3. The number of anilines is 1. The van der Waals surface area contributed by atoms with Gasteiger partial charge in [-0.25, -0.2) is 13.8 Å². The van der Waals surface area contributed by atoms with E-state index in [4.69, 9.17) is 9.16 Å². The molecule has 5 rings (SSSR count). The second kappa shape index (κ2) is 11.5. The topological polar surface area (TPSA) is 47.5 Å². The van der Waals surface area contributed by atoms with Crippen LogP contribution in [-0.4, -0.2) is 44.4 Å². The second-order valence-corrected chi connectivity index (χ2v) is 13.9. The van der Waals surface area contributed by atoms with Crippen molar-refractivity contribution < 1.29 is 17.9 Å². The van der Waals surface area contributed by atoms with E-state index in [1.54, 1.807) is 6.07 Å². The van der Waals surface area contributed by atoms with Crippen molar-refractivity contribution in [3.05, 3.63) is 101 Å². The number of nitrogens with zero attached hydrogens (tertiary/aromatic N) is 3. The Hall–Kier alpha value is -2.98. The summed E-state index contributed by atoms with van der Waals surface area (Å²) in [5.74, 6) is -1.88. The third kappa shape index (κ3) is 5.61. The van der Waals surface area contributed by atoms with Gasteiger partial charge in [-0.2, -0.15) is 4.37 Å². The van der Waals surface area contributed by atoms with Crippen LogP contribution in [0.3, 0.4) is 0 Å². The lowest BCUT2D eigenvalue weighted by atomic mass is 9.78. The maximum atomic E-state index is 16.6. The Balaban J connectivity index is 1.90. The average Bonchev–Trinajstić information content (AvgIpc) is 3.46. The predicted octanol–water partition coefficient (Wildman–Crippen LogP) is 7.24. The molecule has 2 radical (unpaired) electrons. The van der Waals surface area contributed by atoms with E-state index >= 15 is 8.78 Å². The van der Waals surface area contributed by atoms with E-state index in [2.05, 4.69) is 30.1 Å². The molecule has 9 heteroatoms. The quantitative estimate of drug-likeness (QED) is 0.171. The van der Waals surface area contributed by atoms with Gasteiger partial charge in [0.1, 0.15) is 16.9 Å². The predicted molar refractivity (Wildman–Crippen MR) is 157 cm³/mol. The maximum Gasteiger partial charge on any atom is 0.237 e. The molecule has 0 bridgehead atoms. The van der Waals surface area contributed by atoms with E-state index in [9.17, 15) is 0 Å². The largest absolute Gasteiger partial charge is 0.400 e. The van der Waals surface area contributed by atoms with E-state index in [-0.39, 0.29) is 38.3 Å². The average molecular weight is 578 g/mol. The fourth-order valence-corrected chi connectivity index (χ4v) is 6.57. The lowest BCUT2D eigenvalue weighted by Gasteiger charge is -2.43. The third-order valence-corrected chi connectivity index (χ3v) is 8.48. The third-order valence-electron chi connectivity index (χ3n) is 6.76. The van der Waals surface area contributed by atoms with Gasteiger partial charge >= 0.3 is 0 Å². The molecule has 1 aromatic heterocycles. The van der Waals surface area contributed by atoms with E-state index < -0.39 is 17.2 Å². The van der Waals surface area contributed by atoms with Crippen LogP contribution in [0.1, 0.15) is 51.3 Å².